The summed E-state index contributed by atoms with van der Waals surface area (Å²) in [7, 11) is 0. The highest BCUT2D eigenvalue weighted by molar-refractivity contribution is 5.95. The molecule has 84 valence electrons. The van der Waals surface area contributed by atoms with Crippen molar-refractivity contribution >= 4 is 5.91 Å². The van der Waals surface area contributed by atoms with E-state index >= 15 is 0 Å². The van der Waals surface area contributed by atoms with Crippen molar-refractivity contribution in [3.8, 4) is 12.3 Å². The second-order valence-electron chi connectivity index (χ2n) is 3.88. The summed E-state index contributed by atoms with van der Waals surface area (Å²) in [5.74, 6) is 2.53. The number of aryl methyl sites for hydroxylation is 2. The van der Waals surface area contributed by atoms with Gasteiger partial charge in [-0.25, -0.2) is 0 Å². The average molecular weight is 215 g/mol. The summed E-state index contributed by atoms with van der Waals surface area (Å²) in [4.78, 5) is 11.8. The van der Waals surface area contributed by atoms with Crippen LogP contribution in [0.2, 0.25) is 0 Å². The number of hydrogen-bond acceptors (Lipinski definition) is 1. The predicted octanol–water partition coefficient (Wildman–Crippen LogP) is 2.45. The molecule has 0 saturated carbocycles. The first-order valence-corrected chi connectivity index (χ1v) is 5.44. The molecule has 1 aromatic carbocycles. The SMILES string of the molecule is C#CCCCNC(=O)c1ccc(C)cc1C. The highest BCUT2D eigenvalue weighted by atomic mass is 16.1. The maximum atomic E-state index is 11.8. The van der Waals surface area contributed by atoms with Crippen molar-refractivity contribution in [2.45, 2.75) is 26.7 Å². The first-order valence-electron chi connectivity index (χ1n) is 5.44. The number of carbonyl (C=O) groups is 1. The monoisotopic (exact) mass is 215 g/mol. The van der Waals surface area contributed by atoms with Crippen LogP contribution in [-0.4, -0.2) is 12.5 Å². The zero-order valence-electron chi connectivity index (χ0n) is 9.84. The van der Waals surface area contributed by atoms with Crippen LogP contribution in [-0.2, 0) is 0 Å². The second kappa shape index (κ2) is 5.97. The van der Waals surface area contributed by atoms with Gasteiger partial charge in [0.15, 0.2) is 0 Å². The Balaban J connectivity index is 2.57. The van der Waals surface area contributed by atoms with Crippen molar-refractivity contribution < 1.29 is 4.79 Å². The number of amides is 1. The van der Waals surface area contributed by atoms with E-state index in [2.05, 4.69) is 11.2 Å². The fourth-order valence-corrected chi connectivity index (χ4v) is 1.56. The molecule has 0 heterocycles. The highest BCUT2D eigenvalue weighted by Crippen LogP contribution is 2.10. The molecular weight excluding hydrogens is 198 g/mol. The van der Waals surface area contributed by atoms with Gasteiger partial charge in [0.05, 0.1) is 0 Å². The summed E-state index contributed by atoms with van der Waals surface area (Å²) < 4.78 is 0. The highest BCUT2D eigenvalue weighted by Gasteiger charge is 2.07. The summed E-state index contributed by atoms with van der Waals surface area (Å²) >= 11 is 0. The van der Waals surface area contributed by atoms with Crippen LogP contribution in [0.5, 0.6) is 0 Å². The van der Waals surface area contributed by atoms with Crippen LogP contribution in [0.25, 0.3) is 0 Å². The van der Waals surface area contributed by atoms with E-state index in [9.17, 15) is 4.79 Å². The Labute approximate surface area is 97.1 Å². The lowest BCUT2D eigenvalue weighted by molar-refractivity contribution is 0.0953. The lowest BCUT2D eigenvalue weighted by Gasteiger charge is -2.07. The van der Waals surface area contributed by atoms with E-state index in [0.717, 1.165) is 17.5 Å². The number of terminal acetylenes is 1. The number of benzene rings is 1. The molecule has 0 aliphatic rings. The minimum atomic E-state index is -0.0190. The average Bonchev–Trinajstić information content (AvgIpc) is 2.24. The first kappa shape index (κ1) is 12.3. The van der Waals surface area contributed by atoms with Crippen LogP contribution in [0.15, 0.2) is 18.2 Å². The molecule has 1 amide bonds. The van der Waals surface area contributed by atoms with Gasteiger partial charge in [0.25, 0.3) is 5.91 Å². The molecule has 0 radical (unpaired) electrons. The third-order valence-corrected chi connectivity index (χ3v) is 2.41. The summed E-state index contributed by atoms with van der Waals surface area (Å²) in [6.07, 6.45) is 6.66. The molecule has 0 atom stereocenters. The topological polar surface area (TPSA) is 29.1 Å². The number of rotatable bonds is 4. The van der Waals surface area contributed by atoms with Gasteiger partial charge in [0, 0.05) is 18.5 Å². The van der Waals surface area contributed by atoms with E-state index in [1.165, 1.54) is 5.56 Å². The standard InChI is InChI=1S/C14H17NO/c1-4-5-6-9-15-14(16)13-8-7-11(2)10-12(13)3/h1,7-8,10H,5-6,9H2,2-3H3,(H,15,16). The van der Waals surface area contributed by atoms with Crippen molar-refractivity contribution in [1.82, 2.24) is 5.32 Å². The molecule has 16 heavy (non-hydrogen) atoms. The third-order valence-electron chi connectivity index (χ3n) is 2.41. The largest absolute Gasteiger partial charge is 0.352 e. The molecule has 0 spiro atoms. The molecule has 1 aromatic rings. The van der Waals surface area contributed by atoms with E-state index < -0.39 is 0 Å². The Kier molecular flexibility index (Phi) is 4.60. The summed E-state index contributed by atoms with van der Waals surface area (Å²) in [5, 5.41) is 2.86. The molecule has 1 N–H and O–H groups in total. The van der Waals surface area contributed by atoms with Crippen molar-refractivity contribution in [2.75, 3.05) is 6.54 Å². The third kappa shape index (κ3) is 3.43. The molecule has 2 nitrogen and oxygen atoms in total. The van der Waals surface area contributed by atoms with Crippen molar-refractivity contribution in [3.63, 3.8) is 0 Å². The van der Waals surface area contributed by atoms with Crippen LogP contribution < -0.4 is 5.32 Å². The summed E-state index contributed by atoms with van der Waals surface area (Å²) in [6.45, 7) is 4.60. The van der Waals surface area contributed by atoms with Gasteiger partial charge in [-0.15, -0.1) is 12.3 Å². The van der Waals surface area contributed by atoms with Crippen LogP contribution >= 0.6 is 0 Å². The molecule has 0 aliphatic carbocycles. The normalized spacial score (nSPS) is 9.56. The van der Waals surface area contributed by atoms with Gasteiger partial charge in [-0.1, -0.05) is 17.7 Å². The molecule has 0 fully saturated rings. The molecular formula is C14H17NO. The molecule has 0 aliphatic heterocycles. The van der Waals surface area contributed by atoms with E-state index in [1.54, 1.807) is 0 Å². The molecule has 2 heteroatoms. The van der Waals surface area contributed by atoms with Gasteiger partial charge < -0.3 is 5.32 Å². The van der Waals surface area contributed by atoms with Crippen LogP contribution in [0.1, 0.15) is 34.3 Å². The van der Waals surface area contributed by atoms with Gasteiger partial charge in [0.1, 0.15) is 0 Å². The maximum absolute atomic E-state index is 11.8. The van der Waals surface area contributed by atoms with E-state index in [1.807, 2.05) is 32.0 Å². The van der Waals surface area contributed by atoms with Crippen LogP contribution in [0, 0.1) is 26.2 Å². The maximum Gasteiger partial charge on any atom is 0.251 e. The van der Waals surface area contributed by atoms with Crippen LogP contribution in [0.3, 0.4) is 0 Å². The van der Waals surface area contributed by atoms with Crippen molar-refractivity contribution in [2.24, 2.45) is 0 Å². The van der Waals surface area contributed by atoms with Crippen LogP contribution in [0.4, 0.5) is 0 Å². The molecule has 0 unspecified atom stereocenters. The Morgan fingerprint density at radius 3 is 2.81 bits per heavy atom. The van der Waals surface area contributed by atoms with Crippen molar-refractivity contribution in [3.05, 3.63) is 34.9 Å². The fraction of sp³-hybridized carbons (Fsp3) is 0.357. The number of nitrogens with one attached hydrogen (secondary N) is 1. The van der Waals surface area contributed by atoms with E-state index in [-0.39, 0.29) is 5.91 Å². The van der Waals surface area contributed by atoms with Gasteiger partial charge in [-0.3, -0.25) is 4.79 Å². The lowest BCUT2D eigenvalue weighted by Crippen LogP contribution is -2.25. The quantitative estimate of drug-likeness (QED) is 0.606. The van der Waals surface area contributed by atoms with Gasteiger partial charge in [-0.2, -0.15) is 0 Å². The van der Waals surface area contributed by atoms with Gasteiger partial charge in [0.2, 0.25) is 0 Å². The Hall–Kier alpha value is -1.75. The van der Waals surface area contributed by atoms with Gasteiger partial charge >= 0.3 is 0 Å². The van der Waals surface area contributed by atoms with Gasteiger partial charge in [-0.05, 0) is 31.9 Å². The number of unbranched alkanes of at least 4 members (excludes halogenated alkanes) is 1. The molecule has 1 rings (SSSR count). The second-order valence-corrected chi connectivity index (χ2v) is 3.88. The minimum Gasteiger partial charge on any atom is -0.352 e. The minimum absolute atomic E-state index is 0.0190. The summed E-state index contributed by atoms with van der Waals surface area (Å²) in [5.41, 5.74) is 2.92. The Bertz CT molecular complexity index is 415. The first-order chi connectivity index (χ1) is 7.65. The number of hydrogen-bond donors (Lipinski definition) is 1. The summed E-state index contributed by atoms with van der Waals surface area (Å²) in [6, 6.07) is 5.82. The zero-order chi connectivity index (χ0) is 12.0. The molecule has 0 bridgehead atoms. The predicted molar refractivity (Wildman–Crippen MR) is 66.3 cm³/mol. The smallest absolute Gasteiger partial charge is 0.251 e. The van der Waals surface area contributed by atoms with E-state index in [0.29, 0.717) is 13.0 Å². The van der Waals surface area contributed by atoms with Crippen molar-refractivity contribution in [1.29, 1.82) is 0 Å². The molecule has 0 saturated heterocycles. The Morgan fingerprint density at radius 2 is 2.19 bits per heavy atom. The number of carbonyl (C=O) groups excluding carboxylic acids is 1. The zero-order valence-corrected chi connectivity index (χ0v) is 9.84. The fourth-order valence-electron chi connectivity index (χ4n) is 1.56. The van der Waals surface area contributed by atoms with E-state index in [4.69, 9.17) is 6.42 Å². The molecule has 0 aromatic heterocycles. The lowest BCUT2D eigenvalue weighted by atomic mass is 10.1. The Morgan fingerprint density at radius 1 is 1.44 bits per heavy atom.